The van der Waals surface area contributed by atoms with Crippen LogP contribution >= 0.6 is 23.4 Å². The van der Waals surface area contributed by atoms with Crippen molar-refractivity contribution >= 4 is 60.6 Å². The summed E-state index contributed by atoms with van der Waals surface area (Å²) in [5.41, 5.74) is 2.48. The molecule has 0 radical (unpaired) electrons. The van der Waals surface area contributed by atoms with Crippen LogP contribution in [0.5, 0.6) is 11.5 Å². The predicted molar refractivity (Wildman–Crippen MR) is 138 cm³/mol. The van der Waals surface area contributed by atoms with Crippen molar-refractivity contribution in [2.45, 2.75) is 20.5 Å². The maximum absolute atomic E-state index is 12.6. The highest BCUT2D eigenvalue weighted by Gasteiger charge is 2.39. The van der Waals surface area contributed by atoms with Crippen LogP contribution in [-0.2, 0) is 21.2 Å². The molecule has 4 rings (SSSR count). The first kappa shape index (κ1) is 25.0. The molecule has 2 aromatic rings. The van der Waals surface area contributed by atoms with E-state index in [0.717, 1.165) is 27.9 Å². The maximum Gasteiger partial charge on any atom is 0.283 e. The van der Waals surface area contributed by atoms with Gasteiger partial charge in [0.05, 0.1) is 23.5 Å². The molecule has 9 nitrogen and oxygen atoms in total. The number of aryl methyl sites for hydroxylation is 1. The summed E-state index contributed by atoms with van der Waals surface area (Å²) in [7, 11) is -2.14. The van der Waals surface area contributed by atoms with Crippen molar-refractivity contribution in [3.05, 3.63) is 63.7 Å². The van der Waals surface area contributed by atoms with Gasteiger partial charge in [0.1, 0.15) is 6.61 Å². The minimum atomic E-state index is -3.61. The lowest BCUT2D eigenvalue weighted by atomic mass is 10.1. The molecule has 2 heterocycles. The molecular weight excluding hydrogens is 512 g/mol. The molecule has 0 unspecified atom stereocenters. The average Bonchev–Trinajstić information content (AvgIpc) is 3.26. The Morgan fingerprint density at radius 3 is 2.71 bits per heavy atom. The van der Waals surface area contributed by atoms with E-state index in [4.69, 9.17) is 26.5 Å². The molecule has 0 bridgehead atoms. The van der Waals surface area contributed by atoms with Gasteiger partial charge < -0.3 is 9.47 Å². The number of benzene rings is 2. The Kier molecular flexibility index (Phi) is 7.02. The SMILES string of the molecule is CCS(=O)(=O)C1=NN2C(=N)/C(=C/c3cc(Cl)c(OCc4cccc(C)c4)c(OC)c3)C(=O)N=C2S1. The molecule has 2 aromatic carbocycles. The molecule has 0 saturated carbocycles. The fraction of sp³-hybridized carbons (Fsp3) is 0.217. The first-order valence-corrected chi connectivity index (χ1v) is 13.3. The minimum absolute atomic E-state index is 0.0275. The first-order chi connectivity index (χ1) is 16.6. The fourth-order valence-electron chi connectivity index (χ4n) is 3.31. The van der Waals surface area contributed by atoms with E-state index in [9.17, 15) is 13.2 Å². The second kappa shape index (κ2) is 9.84. The molecule has 0 aromatic heterocycles. The van der Waals surface area contributed by atoms with Gasteiger partial charge in [-0.1, -0.05) is 48.4 Å². The van der Waals surface area contributed by atoms with Crippen molar-refractivity contribution in [3.63, 3.8) is 0 Å². The highest BCUT2D eigenvalue weighted by atomic mass is 35.5. The Labute approximate surface area is 211 Å². The number of hydrogen-bond acceptors (Lipinski definition) is 8. The van der Waals surface area contributed by atoms with Crippen molar-refractivity contribution in [1.82, 2.24) is 5.01 Å². The zero-order chi connectivity index (χ0) is 25.3. The molecule has 0 saturated heterocycles. The zero-order valence-electron chi connectivity index (χ0n) is 19.0. The molecular formula is C23H21ClN4O5S2. The number of nitrogens with zero attached hydrogens (tertiary/aromatic N) is 3. The highest BCUT2D eigenvalue weighted by molar-refractivity contribution is 8.42. The van der Waals surface area contributed by atoms with Gasteiger partial charge in [-0.25, -0.2) is 8.42 Å². The van der Waals surface area contributed by atoms with Crippen LogP contribution in [0, 0.1) is 12.3 Å². The van der Waals surface area contributed by atoms with E-state index in [-0.39, 0.29) is 38.3 Å². The van der Waals surface area contributed by atoms with E-state index in [1.165, 1.54) is 20.1 Å². The van der Waals surface area contributed by atoms with Crippen LogP contribution in [0.15, 0.2) is 52.1 Å². The lowest BCUT2D eigenvalue weighted by Crippen LogP contribution is -2.35. The Hall–Kier alpha value is -3.15. The quantitative estimate of drug-likeness (QED) is 0.552. The third kappa shape index (κ3) is 5.12. The van der Waals surface area contributed by atoms with Gasteiger partial charge in [-0.05, 0) is 48.0 Å². The van der Waals surface area contributed by atoms with Gasteiger partial charge in [-0.15, -0.1) is 5.10 Å². The summed E-state index contributed by atoms with van der Waals surface area (Å²) in [5.74, 6) is -0.432. The van der Waals surface area contributed by atoms with E-state index in [1.807, 2.05) is 31.2 Å². The molecule has 2 aliphatic rings. The Bertz CT molecular complexity index is 1430. The summed E-state index contributed by atoms with van der Waals surface area (Å²) in [6.07, 6.45) is 1.43. The van der Waals surface area contributed by atoms with Crippen molar-refractivity contribution in [2.24, 2.45) is 10.1 Å². The largest absolute Gasteiger partial charge is 0.493 e. The number of carbonyl (C=O) groups excluding carboxylic acids is 1. The normalized spacial score (nSPS) is 16.8. The summed E-state index contributed by atoms with van der Waals surface area (Å²) in [4.78, 5) is 16.6. The van der Waals surface area contributed by atoms with Crippen molar-refractivity contribution in [3.8, 4) is 11.5 Å². The third-order valence-corrected chi connectivity index (χ3v) is 8.48. The molecule has 35 heavy (non-hydrogen) atoms. The molecule has 2 aliphatic heterocycles. The number of methoxy groups -OCH3 is 1. The molecule has 12 heteroatoms. The van der Waals surface area contributed by atoms with E-state index >= 15 is 0 Å². The number of sulfone groups is 1. The van der Waals surface area contributed by atoms with Crippen LogP contribution < -0.4 is 9.47 Å². The fourth-order valence-corrected chi connectivity index (χ4v) is 5.75. The van der Waals surface area contributed by atoms with Crippen molar-refractivity contribution in [2.75, 3.05) is 12.9 Å². The number of nitrogens with one attached hydrogen (secondary N) is 1. The number of fused-ring (bicyclic) bond motifs is 1. The van der Waals surface area contributed by atoms with Gasteiger partial charge in [-0.2, -0.15) is 10.0 Å². The number of thioether (sulfide) groups is 1. The maximum atomic E-state index is 12.6. The van der Waals surface area contributed by atoms with Gasteiger partial charge in [0.15, 0.2) is 17.3 Å². The summed E-state index contributed by atoms with van der Waals surface area (Å²) >= 11 is 7.22. The highest BCUT2D eigenvalue weighted by Crippen LogP contribution is 2.38. The average molecular weight is 533 g/mol. The molecule has 0 atom stereocenters. The zero-order valence-corrected chi connectivity index (χ0v) is 21.4. The molecule has 0 aliphatic carbocycles. The van der Waals surface area contributed by atoms with Crippen LogP contribution in [0.4, 0.5) is 0 Å². The number of hydrazone groups is 1. The summed E-state index contributed by atoms with van der Waals surface area (Å²) in [5, 5.41) is 13.7. The van der Waals surface area contributed by atoms with Gasteiger partial charge in [0.25, 0.3) is 5.91 Å². The van der Waals surface area contributed by atoms with Gasteiger partial charge in [-0.3, -0.25) is 10.2 Å². The van der Waals surface area contributed by atoms with E-state index in [1.54, 1.807) is 12.1 Å². The smallest absolute Gasteiger partial charge is 0.283 e. The van der Waals surface area contributed by atoms with Crippen molar-refractivity contribution in [1.29, 1.82) is 5.41 Å². The molecule has 0 spiro atoms. The van der Waals surface area contributed by atoms with E-state index < -0.39 is 15.7 Å². The minimum Gasteiger partial charge on any atom is -0.493 e. The van der Waals surface area contributed by atoms with E-state index in [2.05, 4.69) is 10.1 Å². The number of ether oxygens (including phenoxy) is 2. The van der Waals surface area contributed by atoms with Crippen LogP contribution in [0.3, 0.4) is 0 Å². The predicted octanol–water partition coefficient (Wildman–Crippen LogP) is 4.25. The molecule has 1 amide bonds. The summed E-state index contributed by atoms with van der Waals surface area (Å²) in [6.45, 7) is 3.77. The van der Waals surface area contributed by atoms with E-state index in [0.29, 0.717) is 17.1 Å². The van der Waals surface area contributed by atoms with Crippen LogP contribution in [0.2, 0.25) is 5.02 Å². The monoisotopic (exact) mass is 532 g/mol. The van der Waals surface area contributed by atoms with Crippen LogP contribution in [0.25, 0.3) is 6.08 Å². The van der Waals surface area contributed by atoms with Crippen molar-refractivity contribution < 1.29 is 22.7 Å². The number of rotatable bonds is 6. The number of halogens is 1. The number of amidine groups is 2. The topological polar surface area (TPSA) is 121 Å². The number of hydrogen-bond donors (Lipinski definition) is 1. The Morgan fingerprint density at radius 1 is 1.26 bits per heavy atom. The standard InChI is InChI=1S/C23H21ClN4O5S2/c1-4-35(30,31)23-27-28-20(25)16(21(29)26-22(28)34-23)9-15-10-17(24)19(18(11-15)32-3)33-12-14-7-5-6-13(2)8-14/h5-11,25H,4,12H2,1-3H3/b16-9-,25-20?. The molecule has 182 valence electrons. The van der Waals surface area contributed by atoms with Gasteiger partial charge >= 0.3 is 0 Å². The lowest BCUT2D eigenvalue weighted by Gasteiger charge is -2.20. The van der Waals surface area contributed by atoms with Gasteiger partial charge in [0.2, 0.25) is 19.4 Å². The van der Waals surface area contributed by atoms with Gasteiger partial charge in [0, 0.05) is 0 Å². The Morgan fingerprint density at radius 2 is 2.03 bits per heavy atom. The number of aliphatic imine (C=N–C) groups is 1. The summed E-state index contributed by atoms with van der Waals surface area (Å²) in [6, 6.07) is 11.1. The number of amides is 1. The second-order valence-corrected chi connectivity index (χ2v) is 11.4. The third-order valence-electron chi connectivity index (χ3n) is 5.11. The molecule has 0 fully saturated rings. The second-order valence-electron chi connectivity index (χ2n) is 7.60. The van der Waals surface area contributed by atoms with Crippen LogP contribution in [-0.4, -0.2) is 47.6 Å². The Balaban J connectivity index is 1.62. The lowest BCUT2D eigenvalue weighted by molar-refractivity contribution is -0.114. The van der Waals surface area contributed by atoms with Crippen LogP contribution in [0.1, 0.15) is 23.6 Å². The molecule has 1 N–H and O–H groups in total. The number of carbonyl (C=O) groups is 1. The summed E-state index contributed by atoms with van der Waals surface area (Å²) < 4.78 is 35.5. The first-order valence-electron chi connectivity index (χ1n) is 10.4.